The van der Waals surface area contributed by atoms with Crippen LogP contribution < -0.4 is 10.5 Å². The Kier molecular flexibility index (Phi) is 5.63. The molecule has 2 aromatic heterocycles. The lowest BCUT2D eigenvalue weighted by Gasteiger charge is -2.23. The summed E-state index contributed by atoms with van der Waals surface area (Å²) in [5, 5.41) is 11.1. The third kappa shape index (κ3) is 3.64. The molecule has 0 fully saturated rings. The number of carboxylic acid groups (broad SMARTS) is 1. The average molecular weight is 471 g/mol. The fourth-order valence-electron chi connectivity index (χ4n) is 4.32. The van der Waals surface area contributed by atoms with Crippen LogP contribution in [-0.2, 0) is 0 Å². The molecule has 5 rings (SSSR count). The van der Waals surface area contributed by atoms with E-state index in [9.17, 15) is 14.7 Å². The summed E-state index contributed by atoms with van der Waals surface area (Å²) >= 11 is 1.28. The molecule has 0 spiro atoms. The Hall–Kier alpha value is -3.97. The number of fused-ring (bicyclic) bond motifs is 2. The van der Waals surface area contributed by atoms with Crippen molar-refractivity contribution in [1.29, 1.82) is 0 Å². The first-order valence-electron chi connectivity index (χ1n) is 11.1. The summed E-state index contributed by atoms with van der Waals surface area (Å²) in [6.07, 6.45) is 0. The minimum Gasteiger partial charge on any atom is -0.478 e. The first kappa shape index (κ1) is 21.9. The molecule has 7 heteroatoms. The Morgan fingerprint density at radius 2 is 1.74 bits per heavy atom. The van der Waals surface area contributed by atoms with Crippen LogP contribution in [0.25, 0.3) is 42.9 Å². The molecule has 5 aromatic rings. The van der Waals surface area contributed by atoms with Crippen LogP contribution in [0.4, 0.5) is 5.69 Å². The number of aromatic carboxylic acids is 1. The summed E-state index contributed by atoms with van der Waals surface area (Å²) in [4.78, 5) is 32.6. The maximum absolute atomic E-state index is 13.2. The first-order chi connectivity index (χ1) is 16.5. The number of anilines is 1. The minimum absolute atomic E-state index is 0.0195. The van der Waals surface area contributed by atoms with Gasteiger partial charge in [0, 0.05) is 30.2 Å². The maximum Gasteiger partial charge on any atom is 0.347 e. The zero-order valence-electron chi connectivity index (χ0n) is 18.7. The van der Waals surface area contributed by atoms with Crippen molar-refractivity contribution in [2.45, 2.75) is 13.8 Å². The van der Waals surface area contributed by atoms with E-state index in [1.165, 1.54) is 11.3 Å². The standard InChI is InChI=1S/C27H22N2O4S/c1-3-29(4-2)17-14-18(16-10-6-5-7-11-16)22-20(15-17)33-27(32)24(23(22)26(30)31)25-28-19-12-8-9-13-21(19)34-25/h5-15H,3-4H2,1-2H3,(H,30,31). The molecule has 0 radical (unpaired) electrons. The lowest BCUT2D eigenvalue weighted by atomic mass is 9.94. The van der Waals surface area contributed by atoms with Crippen LogP contribution in [0.2, 0.25) is 0 Å². The minimum atomic E-state index is -1.19. The van der Waals surface area contributed by atoms with Gasteiger partial charge in [0.05, 0.1) is 15.8 Å². The van der Waals surface area contributed by atoms with Gasteiger partial charge >= 0.3 is 11.6 Å². The number of para-hydroxylation sites is 1. The van der Waals surface area contributed by atoms with Crippen molar-refractivity contribution in [3.05, 3.63) is 82.7 Å². The molecule has 0 bridgehead atoms. The molecule has 34 heavy (non-hydrogen) atoms. The van der Waals surface area contributed by atoms with Gasteiger partial charge in [0.2, 0.25) is 0 Å². The summed E-state index contributed by atoms with van der Waals surface area (Å²) in [6.45, 7) is 5.61. The molecule has 0 saturated heterocycles. The third-order valence-electron chi connectivity index (χ3n) is 5.93. The summed E-state index contributed by atoms with van der Waals surface area (Å²) in [6, 6.07) is 20.8. The Morgan fingerprint density at radius 1 is 1.03 bits per heavy atom. The van der Waals surface area contributed by atoms with Gasteiger partial charge < -0.3 is 14.4 Å². The number of carboxylic acids is 1. The zero-order chi connectivity index (χ0) is 23.8. The average Bonchev–Trinajstić information content (AvgIpc) is 3.27. The Labute approximate surface area is 199 Å². The van der Waals surface area contributed by atoms with Gasteiger partial charge in [-0.15, -0.1) is 11.3 Å². The highest BCUT2D eigenvalue weighted by Crippen LogP contribution is 2.39. The van der Waals surface area contributed by atoms with E-state index in [2.05, 4.69) is 9.88 Å². The summed E-state index contributed by atoms with van der Waals surface area (Å²) in [5.41, 5.74) is 2.54. The molecule has 1 N–H and O–H groups in total. The van der Waals surface area contributed by atoms with Crippen LogP contribution >= 0.6 is 11.3 Å². The molecular formula is C27H22N2O4S. The van der Waals surface area contributed by atoms with Gasteiger partial charge in [-0.1, -0.05) is 42.5 Å². The van der Waals surface area contributed by atoms with Crippen LogP contribution in [0.3, 0.4) is 0 Å². The quantitative estimate of drug-likeness (QED) is 0.294. The summed E-state index contributed by atoms with van der Waals surface area (Å²) in [7, 11) is 0. The van der Waals surface area contributed by atoms with Gasteiger partial charge in [-0.3, -0.25) is 0 Å². The molecule has 0 aliphatic carbocycles. The van der Waals surface area contributed by atoms with Crippen molar-refractivity contribution < 1.29 is 14.3 Å². The van der Waals surface area contributed by atoms with Gasteiger partial charge in [-0.05, 0) is 43.2 Å². The number of thiazole rings is 1. The van der Waals surface area contributed by atoms with E-state index in [0.29, 0.717) is 21.5 Å². The number of hydrogen-bond donors (Lipinski definition) is 1. The van der Waals surface area contributed by atoms with Crippen molar-refractivity contribution in [1.82, 2.24) is 4.98 Å². The highest BCUT2D eigenvalue weighted by Gasteiger charge is 2.27. The topological polar surface area (TPSA) is 83.6 Å². The molecule has 0 atom stereocenters. The van der Waals surface area contributed by atoms with Crippen molar-refractivity contribution >= 4 is 44.2 Å². The highest BCUT2D eigenvalue weighted by molar-refractivity contribution is 7.21. The summed E-state index contributed by atoms with van der Waals surface area (Å²) in [5.74, 6) is -1.19. The van der Waals surface area contributed by atoms with Gasteiger partial charge in [0.15, 0.2) is 0 Å². The van der Waals surface area contributed by atoms with E-state index in [1.54, 1.807) is 6.07 Å². The van der Waals surface area contributed by atoms with Crippen LogP contribution in [0.15, 0.2) is 75.9 Å². The Bertz CT molecular complexity index is 1550. The second-order valence-corrected chi connectivity index (χ2v) is 8.87. The Balaban J connectivity index is 1.92. The van der Waals surface area contributed by atoms with Crippen molar-refractivity contribution in [3.63, 3.8) is 0 Å². The van der Waals surface area contributed by atoms with Crippen molar-refractivity contribution in [2.24, 2.45) is 0 Å². The van der Waals surface area contributed by atoms with Crippen LogP contribution in [0.1, 0.15) is 24.2 Å². The molecular weight excluding hydrogens is 448 g/mol. The van der Waals surface area contributed by atoms with Crippen molar-refractivity contribution in [3.8, 4) is 21.7 Å². The lowest BCUT2D eigenvalue weighted by molar-refractivity contribution is 0.0699. The number of nitrogens with zero attached hydrogens (tertiary/aromatic N) is 2. The molecule has 0 amide bonds. The first-order valence-corrected chi connectivity index (χ1v) is 11.9. The van der Waals surface area contributed by atoms with Crippen molar-refractivity contribution in [2.75, 3.05) is 18.0 Å². The normalized spacial score (nSPS) is 11.2. The predicted molar refractivity (Wildman–Crippen MR) is 137 cm³/mol. The number of aromatic nitrogens is 1. The second-order valence-electron chi connectivity index (χ2n) is 7.84. The van der Waals surface area contributed by atoms with E-state index in [4.69, 9.17) is 4.42 Å². The predicted octanol–water partition coefficient (Wildman–Crippen LogP) is 6.28. The maximum atomic E-state index is 13.2. The lowest BCUT2D eigenvalue weighted by Crippen LogP contribution is -2.22. The van der Waals surface area contributed by atoms with E-state index in [0.717, 1.165) is 29.0 Å². The smallest absolute Gasteiger partial charge is 0.347 e. The SMILES string of the molecule is CCN(CC)c1cc(-c2ccccc2)c2c(C(=O)O)c(-c3nc4ccccc4s3)c(=O)oc2c1. The Morgan fingerprint density at radius 3 is 2.41 bits per heavy atom. The third-order valence-corrected chi connectivity index (χ3v) is 6.98. The van der Waals surface area contributed by atoms with Crippen LogP contribution in [-0.4, -0.2) is 29.1 Å². The van der Waals surface area contributed by atoms with E-state index in [1.807, 2.05) is 74.5 Å². The fraction of sp³-hybridized carbons (Fsp3) is 0.148. The molecule has 170 valence electrons. The van der Waals surface area contributed by atoms with Gasteiger partial charge in [0.25, 0.3) is 0 Å². The second kappa shape index (κ2) is 8.76. The molecule has 3 aromatic carbocycles. The van der Waals surface area contributed by atoms with E-state index >= 15 is 0 Å². The highest BCUT2D eigenvalue weighted by atomic mass is 32.1. The number of benzene rings is 3. The molecule has 6 nitrogen and oxygen atoms in total. The van der Waals surface area contributed by atoms with Crippen LogP contribution in [0, 0.1) is 0 Å². The monoisotopic (exact) mass is 470 g/mol. The molecule has 0 aliphatic rings. The number of carbonyl (C=O) groups is 1. The van der Waals surface area contributed by atoms with Crippen LogP contribution in [0.5, 0.6) is 0 Å². The van der Waals surface area contributed by atoms with Gasteiger partial charge in [-0.25, -0.2) is 14.6 Å². The summed E-state index contributed by atoms with van der Waals surface area (Å²) < 4.78 is 6.67. The fourth-order valence-corrected chi connectivity index (χ4v) is 5.33. The van der Waals surface area contributed by atoms with E-state index in [-0.39, 0.29) is 16.7 Å². The largest absolute Gasteiger partial charge is 0.478 e. The van der Waals surface area contributed by atoms with Gasteiger partial charge in [0.1, 0.15) is 16.2 Å². The zero-order valence-corrected chi connectivity index (χ0v) is 19.6. The number of hydrogen-bond acceptors (Lipinski definition) is 6. The molecule has 2 heterocycles. The molecule has 0 aliphatic heterocycles. The molecule has 0 unspecified atom stereocenters. The van der Waals surface area contributed by atoms with E-state index < -0.39 is 11.6 Å². The number of rotatable bonds is 6. The van der Waals surface area contributed by atoms with Gasteiger partial charge in [-0.2, -0.15) is 0 Å². The molecule has 0 saturated carbocycles.